The molecule has 14 aromatic rings. The van der Waals surface area contributed by atoms with Crippen molar-refractivity contribution in [2.24, 2.45) is 0 Å². The summed E-state index contributed by atoms with van der Waals surface area (Å²) in [5, 5.41) is 13.5. The number of nitrogens with one attached hydrogen (secondary N) is 8. The number of anilines is 3. The van der Waals surface area contributed by atoms with Crippen molar-refractivity contribution < 1.29 is 28.6 Å². The monoisotopic (exact) mass is 1520 g/mol. The zero-order chi connectivity index (χ0) is 79.4. The Morgan fingerprint density at radius 2 is 0.876 bits per heavy atom. The molecule has 0 spiro atoms. The molecule has 9 aromatic heterocycles. The Balaban J connectivity index is 0.000000148. The Morgan fingerprint density at radius 3 is 1.25 bits per heavy atom. The molecule has 1 aliphatic rings. The summed E-state index contributed by atoms with van der Waals surface area (Å²) in [6.45, 7) is 16.5. The van der Waals surface area contributed by atoms with Crippen molar-refractivity contribution in [3.63, 3.8) is 0 Å². The van der Waals surface area contributed by atoms with E-state index in [1.165, 1.54) is 0 Å². The van der Waals surface area contributed by atoms with Gasteiger partial charge in [-0.2, -0.15) is 0 Å². The van der Waals surface area contributed by atoms with Crippen LogP contribution in [0, 0.1) is 13.8 Å². The highest BCUT2D eigenvalue weighted by Crippen LogP contribution is 2.38. The van der Waals surface area contributed by atoms with Gasteiger partial charge < -0.3 is 58.4 Å². The predicted molar refractivity (Wildman–Crippen MR) is 442 cm³/mol. The lowest BCUT2D eigenvalue weighted by molar-refractivity contribution is 0.167. The first-order valence-corrected chi connectivity index (χ1v) is 37.3. The first kappa shape index (κ1) is 77.3. The molecule has 27 nitrogen and oxygen atoms in total. The van der Waals surface area contributed by atoms with Crippen LogP contribution in [-0.4, -0.2) is 136 Å². The second-order valence-corrected chi connectivity index (χ2v) is 27.3. The van der Waals surface area contributed by atoms with Gasteiger partial charge in [0.05, 0.1) is 83.1 Å². The molecule has 27 heteroatoms. The lowest BCUT2D eigenvalue weighted by Crippen LogP contribution is -2.35. The minimum absolute atomic E-state index is 0.000241. The molecule has 15 rings (SSSR count). The maximum absolute atomic E-state index is 13.5. The first-order chi connectivity index (χ1) is 54.8. The number of carbonyl (C=O) groups excluding carboxylic acids is 3. The van der Waals surface area contributed by atoms with Crippen LogP contribution in [0.15, 0.2) is 215 Å². The molecule has 576 valence electrons. The number of ether oxygens (including phenoxy) is 3. The van der Waals surface area contributed by atoms with Gasteiger partial charge in [0, 0.05) is 90.2 Å². The Hall–Kier alpha value is -13.8. The van der Waals surface area contributed by atoms with Crippen molar-refractivity contribution in [3.05, 3.63) is 254 Å². The number of hydrogen-bond acceptors (Lipinski definition) is 16. The van der Waals surface area contributed by atoms with Gasteiger partial charge in [-0.25, -0.2) is 29.3 Å². The summed E-state index contributed by atoms with van der Waals surface area (Å²) in [4.78, 5) is 115. The molecule has 5 amide bonds. The number of imidazole rings is 3. The summed E-state index contributed by atoms with van der Waals surface area (Å²) >= 11 is 0. The number of aryl methyl sites for hydroxylation is 2. The Morgan fingerprint density at radius 1 is 0.478 bits per heavy atom. The van der Waals surface area contributed by atoms with Crippen LogP contribution in [0.25, 0.3) is 100 Å². The Bertz CT molecular complexity index is 5710. The lowest BCUT2D eigenvalue weighted by Gasteiger charge is -2.30. The number of likely N-dealkylation sites (tertiary alicyclic amines) is 1. The molecular weight excluding hydrogens is 1430 g/mol. The molecule has 0 aliphatic carbocycles. The van der Waals surface area contributed by atoms with Crippen LogP contribution in [0.1, 0.15) is 88.1 Å². The van der Waals surface area contributed by atoms with Gasteiger partial charge in [-0.1, -0.05) is 42.5 Å². The maximum Gasteiger partial charge on any atom is 0.413 e. The van der Waals surface area contributed by atoms with E-state index in [9.17, 15) is 28.8 Å². The topological polar surface area (TPSA) is 333 Å². The summed E-state index contributed by atoms with van der Waals surface area (Å²) in [5.74, 6) is 2.42. The number of piperidine rings is 1. The van der Waals surface area contributed by atoms with E-state index in [1.54, 1.807) is 67.1 Å². The van der Waals surface area contributed by atoms with Crippen molar-refractivity contribution in [2.45, 2.75) is 79.4 Å². The van der Waals surface area contributed by atoms with Crippen LogP contribution in [0.3, 0.4) is 0 Å². The molecule has 1 aliphatic heterocycles. The number of aromatic nitrogens is 12. The second kappa shape index (κ2) is 34.8. The first-order valence-electron chi connectivity index (χ1n) is 37.3. The number of H-pyrrole nitrogens is 3. The molecule has 2 atom stereocenters. The third-order valence-electron chi connectivity index (χ3n) is 19.7. The number of pyridine rings is 6. The summed E-state index contributed by atoms with van der Waals surface area (Å²) in [6, 6.07) is 54.4. The van der Waals surface area contributed by atoms with Gasteiger partial charge >= 0.3 is 18.2 Å². The normalized spacial score (nSPS) is 12.7. The molecule has 5 aromatic carbocycles. The number of methoxy groups -OCH3 is 2. The average Bonchev–Trinajstić information content (AvgIpc) is 1.73. The van der Waals surface area contributed by atoms with E-state index in [1.807, 2.05) is 210 Å². The van der Waals surface area contributed by atoms with Gasteiger partial charge in [-0.15, -0.1) is 0 Å². The van der Waals surface area contributed by atoms with E-state index in [0.29, 0.717) is 52.6 Å². The Kier molecular flexibility index (Phi) is 23.8. The van der Waals surface area contributed by atoms with Gasteiger partial charge in [0.1, 0.15) is 11.5 Å². The molecule has 1 fully saturated rings. The van der Waals surface area contributed by atoms with Crippen molar-refractivity contribution in [1.29, 1.82) is 0 Å². The number of nitrogens with zero attached hydrogens (tertiary/aromatic N) is 10. The van der Waals surface area contributed by atoms with Crippen LogP contribution in [0.4, 0.5) is 32.2 Å². The molecule has 1 saturated heterocycles. The van der Waals surface area contributed by atoms with Crippen molar-refractivity contribution >= 4 is 69.1 Å². The van der Waals surface area contributed by atoms with Gasteiger partial charge in [0.2, 0.25) is 17.8 Å². The third-order valence-corrected chi connectivity index (χ3v) is 19.7. The molecule has 8 N–H and O–H groups in total. The number of hydrogen-bond donors (Lipinski definition) is 8. The molecule has 0 unspecified atom stereocenters. The van der Waals surface area contributed by atoms with Gasteiger partial charge in [0.25, 0.3) is 16.7 Å². The number of benzene rings is 5. The summed E-state index contributed by atoms with van der Waals surface area (Å²) in [6.07, 6.45) is 8.43. The summed E-state index contributed by atoms with van der Waals surface area (Å²) in [5.41, 5.74) is 17.0. The molecule has 113 heavy (non-hydrogen) atoms. The van der Waals surface area contributed by atoms with Crippen LogP contribution < -0.4 is 52.7 Å². The van der Waals surface area contributed by atoms with E-state index in [0.717, 1.165) is 133 Å². The minimum Gasteiger partial charge on any atom is -0.497 e. The summed E-state index contributed by atoms with van der Waals surface area (Å²) < 4.78 is 21.1. The van der Waals surface area contributed by atoms with Gasteiger partial charge in [-0.05, 0) is 241 Å². The maximum atomic E-state index is 13.5. The molecule has 0 bridgehead atoms. The smallest absolute Gasteiger partial charge is 0.413 e. The fraction of sp³-hybridized carbons (Fsp3) is 0.233. The van der Waals surface area contributed by atoms with Crippen molar-refractivity contribution in [3.8, 4) is 78.7 Å². The number of aromatic amines is 3. The number of urea groups is 2. The molecule has 10 heterocycles. The van der Waals surface area contributed by atoms with E-state index >= 15 is 0 Å². The fourth-order valence-electron chi connectivity index (χ4n) is 14.2. The van der Waals surface area contributed by atoms with Crippen LogP contribution in [0.5, 0.6) is 11.5 Å². The van der Waals surface area contributed by atoms with Crippen molar-refractivity contribution in [2.75, 3.05) is 70.0 Å². The molecular formula is C86H88N18O9. The van der Waals surface area contributed by atoms with Crippen molar-refractivity contribution in [1.82, 2.24) is 74.1 Å². The van der Waals surface area contributed by atoms with Gasteiger partial charge in [0.15, 0.2) is 0 Å². The van der Waals surface area contributed by atoms with E-state index in [2.05, 4.69) is 83.4 Å². The number of rotatable bonds is 19. The summed E-state index contributed by atoms with van der Waals surface area (Å²) in [7, 11) is 5.37. The van der Waals surface area contributed by atoms with E-state index < -0.39 is 6.09 Å². The SMILES string of the molecule is CCNC(=O)Nc1nc2c(-c3ccccn3)cc(-c3cc(C)n([C@@H](C)c4cccc(OC)c4)c(=O)c3)cc2[nH]1.CCNC(=O)Nc1nc2c(-c3ccccn3)cc(-c3ccn(C4CCN(C)CC4)c(=O)c3)cc2[nH]1.CCOC(=O)Nc1nc2c(-c3ccccn3)cc(-c3cc(C)n([C@@H](C)c4cccc(OC)c4)c(=O)c3)cc2[nH]1. The zero-order valence-electron chi connectivity index (χ0n) is 64.4. The molecule has 0 radical (unpaired) electrons. The highest BCUT2D eigenvalue weighted by molar-refractivity contribution is 6.01. The van der Waals surface area contributed by atoms with Crippen LogP contribution in [0.2, 0.25) is 0 Å². The lowest BCUT2D eigenvalue weighted by atomic mass is 9.99. The third kappa shape index (κ3) is 17.8. The number of amides is 5. The second-order valence-electron chi connectivity index (χ2n) is 27.3. The standard InChI is InChI=1S/C30H30N6O3.C30H29N5O4.C26H29N7O2/c1-5-31-30(38)35-29-33-26-16-22(15-24(28(26)34-29)25-11-6-7-12-32-25)21-13-18(2)36(27(37)17-21)19(3)20-9-8-10-23(14-20)39-4;1-5-39-30(37)34-29-32-26-16-22(15-24(28(26)33-29)25-11-6-7-12-31-25)21-13-18(2)35(27(36)17-21)19(3)20-9-8-10-23(14-20)38-4;1-3-27-26(35)31-25-29-22-15-18(14-20(24(22)30-25)21-6-4-5-10-28-21)17-7-13-33(23(34)16-17)19-8-11-32(2)12-9-19/h6-17,19H,5H2,1-4H3,(H3,31,33,34,35,38);6-17,19H,5H2,1-4H3,(H2,32,33,34,37);4-7,10,13-16,19H,3,8-9,11-12H2,1-2H3,(H3,27,29,30,31,35)/t2*19-;/m00./s1. The zero-order valence-corrected chi connectivity index (χ0v) is 64.4. The predicted octanol–water partition coefficient (Wildman–Crippen LogP) is 15.3. The number of fused-ring (bicyclic) bond motifs is 3. The highest BCUT2D eigenvalue weighted by Gasteiger charge is 2.24. The highest BCUT2D eigenvalue weighted by atomic mass is 16.5. The quantitative estimate of drug-likeness (QED) is 0.0373. The fourth-order valence-corrected chi connectivity index (χ4v) is 14.2. The average molecular weight is 1520 g/mol. The largest absolute Gasteiger partial charge is 0.497 e. The van der Waals surface area contributed by atoms with Gasteiger partial charge in [-0.3, -0.25) is 45.3 Å². The number of carbonyl (C=O) groups is 3. The van der Waals surface area contributed by atoms with E-state index in [4.69, 9.17) is 14.2 Å². The molecule has 0 saturated carbocycles. The van der Waals surface area contributed by atoms with E-state index in [-0.39, 0.29) is 59.4 Å². The van der Waals surface area contributed by atoms with Crippen LogP contribution >= 0.6 is 0 Å². The Labute approximate surface area is 650 Å². The van der Waals surface area contributed by atoms with Crippen LogP contribution in [-0.2, 0) is 4.74 Å². The minimum atomic E-state index is -0.597.